The van der Waals surface area contributed by atoms with Gasteiger partial charge in [0.05, 0.1) is 12.6 Å². The lowest BCUT2D eigenvalue weighted by Crippen LogP contribution is -2.47. The Morgan fingerprint density at radius 1 is 1.50 bits per heavy atom. The molecule has 0 atom stereocenters. The van der Waals surface area contributed by atoms with E-state index in [1.54, 1.807) is 13.2 Å². The lowest BCUT2D eigenvalue weighted by atomic mass is 9.89. The van der Waals surface area contributed by atoms with Gasteiger partial charge in [0.1, 0.15) is 0 Å². The van der Waals surface area contributed by atoms with Crippen LogP contribution in [-0.2, 0) is 4.74 Å². The second-order valence-electron chi connectivity index (χ2n) is 5.04. The van der Waals surface area contributed by atoms with Crippen LogP contribution in [0.1, 0.15) is 34.3 Å². The number of hydrogen-bond acceptors (Lipinski definition) is 3. The lowest BCUT2D eigenvalue weighted by molar-refractivity contribution is 0.0176. The second kappa shape index (κ2) is 6.56. The first-order valence-electron chi connectivity index (χ1n) is 6.77. The van der Waals surface area contributed by atoms with Crippen LogP contribution in [0.3, 0.4) is 0 Å². The maximum absolute atomic E-state index is 12.1. The molecule has 1 aliphatic carbocycles. The predicted molar refractivity (Wildman–Crippen MR) is 78.4 cm³/mol. The molecule has 0 unspecified atom stereocenters. The van der Waals surface area contributed by atoms with E-state index in [1.165, 1.54) is 0 Å². The van der Waals surface area contributed by atoms with Crippen molar-refractivity contribution in [2.75, 3.05) is 13.7 Å². The van der Waals surface area contributed by atoms with Crippen molar-refractivity contribution in [2.45, 2.75) is 31.9 Å². The van der Waals surface area contributed by atoms with Crippen molar-refractivity contribution in [3.8, 4) is 11.8 Å². The Labute approximate surface area is 119 Å². The largest absolute Gasteiger partial charge is 0.381 e. The molecule has 0 aromatic heterocycles. The van der Waals surface area contributed by atoms with E-state index in [9.17, 15) is 4.79 Å². The molecule has 0 radical (unpaired) electrons. The molecule has 0 heterocycles. The van der Waals surface area contributed by atoms with Gasteiger partial charge in [0.25, 0.3) is 5.91 Å². The van der Waals surface area contributed by atoms with Crippen LogP contribution in [0.2, 0.25) is 0 Å². The van der Waals surface area contributed by atoms with Crippen LogP contribution in [0.4, 0.5) is 0 Å². The van der Waals surface area contributed by atoms with Crippen molar-refractivity contribution in [1.29, 1.82) is 0 Å². The fraction of sp³-hybridized carbons (Fsp3) is 0.438. The molecular formula is C16H20N2O2. The highest BCUT2D eigenvalue weighted by Crippen LogP contribution is 2.23. The van der Waals surface area contributed by atoms with Crippen molar-refractivity contribution in [2.24, 2.45) is 5.73 Å². The van der Waals surface area contributed by atoms with E-state index in [-0.39, 0.29) is 18.1 Å². The summed E-state index contributed by atoms with van der Waals surface area (Å²) in [5.41, 5.74) is 7.92. The topological polar surface area (TPSA) is 64.3 Å². The van der Waals surface area contributed by atoms with Gasteiger partial charge in [0, 0.05) is 24.3 Å². The number of ether oxygens (including phenoxy) is 1. The van der Waals surface area contributed by atoms with Crippen LogP contribution in [0.15, 0.2) is 18.2 Å². The Hall–Kier alpha value is -1.83. The molecule has 0 aliphatic heterocycles. The predicted octanol–water partition coefficient (Wildman–Crippen LogP) is 1.21. The first-order valence-corrected chi connectivity index (χ1v) is 6.77. The molecule has 1 aromatic carbocycles. The summed E-state index contributed by atoms with van der Waals surface area (Å²) in [5.74, 6) is 5.78. The minimum atomic E-state index is -0.0361. The van der Waals surface area contributed by atoms with E-state index in [4.69, 9.17) is 10.5 Å². The van der Waals surface area contributed by atoms with Crippen molar-refractivity contribution < 1.29 is 9.53 Å². The molecule has 1 amide bonds. The Morgan fingerprint density at radius 3 is 2.85 bits per heavy atom. The number of methoxy groups -OCH3 is 1. The van der Waals surface area contributed by atoms with Crippen molar-refractivity contribution >= 4 is 5.91 Å². The number of amides is 1. The maximum Gasteiger partial charge on any atom is 0.251 e. The first-order chi connectivity index (χ1) is 9.63. The van der Waals surface area contributed by atoms with Gasteiger partial charge >= 0.3 is 0 Å². The summed E-state index contributed by atoms with van der Waals surface area (Å²) in [7, 11) is 1.70. The van der Waals surface area contributed by atoms with E-state index in [0.29, 0.717) is 12.1 Å². The molecule has 0 saturated heterocycles. The summed E-state index contributed by atoms with van der Waals surface area (Å²) in [6.07, 6.45) is 2.07. The fourth-order valence-corrected chi connectivity index (χ4v) is 2.24. The minimum absolute atomic E-state index is 0.0361. The minimum Gasteiger partial charge on any atom is -0.381 e. The smallest absolute Gasteiger partial charge is 0.251 e. The number of carbonyl (C=O) groups excluding carboxylic acids is 1. The van der Waals surface area contributed by atoms with Crippen LogP contribution in [0.25, 0.3) is 0 Å². The van der Waals surface area contributed by atoms with Crippen LogP contribution in [0.5, 0.6) is 0 Å². The monoisotopic (exact) mass is 272 g/mol. The standard InChI is InChI=1S/C16H20N2O2/c1-11-8-13(6-5-12(11)4-3-7-17)16(19)18-14-9-15(10-14)20-2/h5-6,8,14-15H,7,9-10,17H2,1-2H3,(H,18,19). The van der Waals surface area contributed by atoms with Gasteiger partial charge in [-0.25, -0.2) is 0 Å². The molecule has 4 nitrogen and oxygen atoms in total. The second-order valence-corrected chi connectivity index (χ2v) is 5.04. The number of aryl methyl sites for hydroxylation is 1. The third kappa shape index (κ3) is 3.38. The average Bonchev–Trinajstić information content (AvgIpc) is 2.40. The zero-order chi connectivity index (χ0) is 14.5. The summed E-state index contributed by atoms with van der Waals surface area (Å²) < 4.78 is 5.20. The summed E-state index contributed by atoms with van der Waals surface area (Å²) in [4.78, 5) is 12.1. The number of hydrogen-bond donors (Lipinski definition) is 2. The maximum atomic E-state index is 12.1. The van der Waals surface area contributed by atoms with Gasteiger partial charge in [-0.1, -0.05) is 11.8 Å². The summed E-state index contributed by atoms with van der Waals surface area (Å²) in [6, 6.07) is 5.76. The van der Waals surface area contributed by atoms with Gasteiger partial charge in [0.15, 0.2) is 0 Å². The van der Waals surface area contributed by atoms with E-state index in [0.717, 1.165) is 24.0 Å². The van der Waals surface area contributed by atoms with Gasteiger partial charge in [-0.2, -0.15) is 0 Å². The molecule has 2 rings (SSSR count). The van der Waals surface area contributed by atoms with Crippen LogP contribution in [0, 0.1) is 18.8 Å². The number of rotatable bonds is 3. The molecule has 0 spiro atoms. The zero-order valence-electron chi connectivity index (χ0n) is 11.9. The number of benzene rings is 1. The van der Waals surface area contributed by atoms with E-state index < -0.39 is 0 Å². The van der Waals surface area contributed by atoms with Crippen molar-refractivity contribution in [1.82, 2.24) is 5.32 Å². The Kier molecular flexibility index (Phi) is 4.78. The van der Waals surface area contributed by atoms with Crippen LogP contribution < -0.4 is 11.1 Å². The van der Waals surface area contributed by atoms with Gasteiger partial charge in [0.2, 0.25) is 0 Å². The van der Waals surface area contributed by atoms with E-state index >= 15 is 0 Å². The Bertz CT molecular complexity index is 551. The molecule has 1 aromatic rings. The average molecular weight is 272 g/mol. The molecule has 1 fully saturated rings. The van der Waals surface area contributed by atoms with Gasteiger partial charge in [-0.15, -0.1) is 0 Å². The summed E-state index contributed by atoms with van der Waals surface area (Å²) in [5, 5.41) is 3.01. The molecule has 4 heteroatoms. The normalized spacial score (nSPS) is 20.6. The van der Waals surface area contributed by atoms with E-state index in [2.05, 4.69) is 17.2 Å². The van der Waals surface area contributed by atoms with Gasteiger partial charge < -0.3 is 15.8 Å². The molecular weight excluding hydrogens is 252 g/mol. The first kappa shape index (κ1) is 14.6. The van der Waals surface area contributed by atoms with Gasteiger partial charge in [-0.3, -0.25) is 4.79 Å². The fourth-order valence-electron chi connectivity index (χ4n) is 2.24. The number of nitrogens with one attached hydrogen (secondary N) is 1. The molecule has 106 valence electrons. The molecule has 0 bridgehead atoms. The van der Waals surface area contributed by atoms with Crippen molar-refractivity contribution in [3.05, 3.63) is 34.9 Å². The van der Waals surface area contributed by atoms with Crippen LogP contribution >= 0.6 is 0 Å². The summed E-state index contributed by atoms with van der Waals surface area (Å²) >= 11 is 0. The van der Waals surface area contributed by atoms with E-state index in [1.807, 2.05) is 19.1 Å². The third-order valence-electron chi connectivity index (χ3n) is 3.58. The SMILES string of the molecule is COC1CC(NC(=O)c2ccc(C#CCN)c(C)c2)C1. The molecule has 20 heavy (non-hydrogen) atoms. The number of carbonyl (C=O) groups is 1. The third-order valence-corrected chi connectivity index (χ3v) is 3.58. The highest BCUT2D eigenvalue weighted by molar-refractivity contribution is 5.94. The van der Waals surface area contributed by atoms with Gasteiger partial charge in [-0.05, 0) is 43.5 Å². The lowest BCUT2D eigenvalue weighted by Gasteiger charge is -2.34. The molecule has 1 aliphatic rings. The Balaban J connectivity index is 1.99. The highest BCUT2D eigenvalue weighted by Gasteiger charge is 2.30. The quantitative estimate of drug-likeness (QED) is 0.813. The zero-order valence-corrected chi connectivity index (χ0v) is 11.9. The summed E-state index contributed by atoms with van der Waals surface area (Å²) in [6.45, 7) is 2.28. The van der Waals surface area contributed by atoms with Crippen molar-refractivity contribution in [3.63, 3.8) is 0 Å². The Morgan fingerprint density at radius 2 is 2.25 bits per heavy atom. The molecule has 3 N–H and O–H groups in total. The molecule has 1 saturated carbocycles. The number of nitrogens with two attached hydrogens (primary N) is 1. The van der Waals surface area contributed by atoms with Crippen LogP contribution in [-0.4, -0.2) is 31.7 Å². The highest BCUT2D eigenvalue weighted by atomic mass is 16.5.